The van der Waals surface area contributed by atoms with Gasteiger partial charge < -0.3 is 31.9 Å². The summed E-state index contributed by atoms with van der Waals surface area (Å²) in [6, 6.07) is -3.58. The molecule has 39 heavy (non-hydrogen) atoms. The number of amides is 6. The first-order valence-electron chi connectivity index (χ1n) is 12.4. The third-order valence-electron chi connectivity index (χ3n) is 5.86. The molecule has 1 aliphatic heterocycles. The van der Waals surface area contributed by atoms with Crippen molar-refractivity contribution < 1.29 is 24.0 Å². The fourth-order valence-corrected chi connectivity index (χ4v) is 4.08. The molecule has 15 nitrogen and oxygen atoms in total. The Morgan fingerprint density at radius 3 is 2.26 bits per heavy atom. The first-order valence-corrected chi connectivity index (χ1v) is 12.4. The number of nitrogens with two attached hydrogens (primary N) is 1. The Balaban J connectivity index is 1.67. The summed E-state index contributed by atoms with van der Waals surface area (Å²) in [5, 5.41) is 10.7. The first kappa shape index (κ1) is 28.9. The molecule has 6 N–H and O–H groups in total. The van der Waals surface area contributed by atoms with Gasteiger partial charge in [-0.05, 0) is 33.1 Å². The van der Waals surface area contributed by atoms with Gasteiger partial charge in [0, 0.05) is 43.9 Å². The maximum atomic E-state index is 13.4. The first-order chi connectivity index (χ1) is 18.7. The second-order valence-corrected chi connectivity index (χ2v) is 9.15. The minimum absolute atomic E-state index is 0.0351. The summed E-state index contributed by atoms with van der Waals surface area (Å²) >= 11 is 0. The molecule has 15 heteroatoms. The van der Waals surface area contributed by atoms with Gasteiger partial charge in [0.15, 0.2) is 0 Å². The van der Waals surface area contributed by atoms with Crippen LogP contribution in [0.3, 0.4) is 0 Å². The maximum Gasteiger partial charge on any atom is 0.315 e. The van der Waals surface area contributed by atoms with Crippen molar-refractivity contribution in [1.29, 1.82) is 0 Å². The van der Waals surface area contributed by atoms with Gasteiger partial charge in [0.1, 0.15) is 23.5 Å². The largest absolute Gasteiger partial charge is 0.368 e. The molecule has 3 atom stereocenters. The quantitative estimate of drug-likeness (QED) is 0.215. The van der Waals surface area contributed by atoms with Crippen molar-refractivity contribution in [2.24, 2.45) is 5.73 Å². The highest BCUT2D eigenvalue weighted by atomic mass is 16.2. The lowest BCUT2D eigenvalue weighted by atomic mass is 10.1. The lowest BCUT2D eigenvalue weighted by Crippen LogP contribution is -2.59. The van der Waals surface area contributed by atoms with E-state index in [0.717, 1.165) is 0 Å². The molecule has 2 aromatic heterocycles. The molecular weight excluding hydrogens is 508 g/mol. The number of primary amides is 1. The summed E-state index contributed by atoms with van der Waals surface area (Å²) in [6.07, 6.45) is 8.95. The third-order valence-corrected chi connectivity index (χ3v) is 5.86. The van der Waals surface area contributed by atoms with Crippen molar-refractivity contribution in [3.63, 3.8) is 0 Å². The molecule has 1 fully saturated rings. The van der Waals surface area contributed by atoms with E-state index in [1.165, 1.54) is 42.1 Å². The molecule has 1 saturated heterocycles. The van der Waals surface area contributed by atoms with Gasteiger partial charge >= 0.3 is 6.03 Å². The fraction of sp³-hybridized carbons (Fsp3) is 0.458. The van der Waals surface area contributed by atoms with E-state index in [1.54, 1.807) is 13.8 Å². The second-order valence-electron chi connectivity index (χ2n) is 9.15. The molecule has 0 spiro atoms. The predicted octanol–water partition coefficient (Wildman–Crippen LogP) is -1.26. The summed E-state index contributed by atoms with van der Waals surface area (Å²) in [5.74, 6) is -2.41. The average molecular weight is 541 g/mol. The lowest BCUT2D eigenvalue weighted by Gasteiger charge is -2.29. The minimum atomic E-state index is -1.13. The Hall–Kier alpha value is -4.69. The number of hydrogen-bond acceptors (Lipinski definition) is 9. The summed E-state index contributed by atoms with van der Waals surface area (Å²) in [7, 11) is 0. The molecule has 3 heterocycles. The minimum Gasteiger partial charge on any atom is -0.368 e. The Morgan fingerprint density at radius 1 is 1.00 bits per heavy atom. The normalized spacial score (nSPS) is 17.3. The van der Waals surface area contributed by atoms with Crippen LogP contribution in [0.2, 0.25) is 0 Å². The summed E-state index contributed by atoms with van der Waals surface area (Å²) in [4.78, 5) is 80.2. The van der Waals surface area contributed by atoms with Crippen molar-refractivity contribution in [3.05, 3.63) is 48.6 Å². The highest BCUT2D eigenvalue weighted by molar-refractivity contribution is 5.98. The number of carbonyl (C=O) groups is 5. The van der Waals surface area contributed by atoms with Crippen molar-refractivity contribution >= 4 is 29.7 Å². The van der Waals surface area contributed by atoms with Crippen LogP contribution >= 0.6 is 0 Å². The van der Waals surface area contributed by atoms with Gasteiger partial charge in [-0.2, -0.15) is 0 Å². The Labute approximate surface area is 224 Å². The number of nitrogens with zero attached hydrogens (tertiary/aromatic N) is 5. The molecule has 0 unspecified atom stereocenters. The van der Waals surface area contributed by atoms with E-state index in [1.807, 2.05) is 0 Å². The zero-order valence-electron chi connectivity index (χ0n) is 21.7. The molecule has 3 rings (SSSR count). The number of likely N-dealkylation sites (tertiary alicyclic amines) is 1. The maximum absolute atomic E-state index is 13.4. The van der Waals surface area contributed by atoms with Crippen LogP contribution in [0.25, 0.3) is 0 Å². The third kappa shape index (κ3) is 8.15. The van der Waals surface area contributed by atoms with Crippen LogP contribution in [-0.2, 0) is 9.59 Å². The summed E-state index contributed by atoms with van der Waals surface area (Å²) in [5.41, 5.74) is 5.71. The number of hydrogen-bond donors (Lipinski definition) is 5. The van der Waals surface area contributed by atoms with Crippen molar-refractivity contribution in [2.45, 2.75) is 57.3 Å². The van der Waals surface area contributed by atoms with Crippen LogP contribution in [-0.4, -0.2) is 91.8 Å². The summed E-state index contributed by atoms with van der Waals surface area (Å²) in [6.45, 7) is 3.93. The van der Waals surface area contributed by atoms with Crippen LogP contribution in [0.5, 0.6) is 0 Å². The van der Waals surface area contributed by atoms with Gasteiger partial charge in [0.25, 0.3) is 11.8 Å². The molecular formula is C24H32N10O5. The van der Waals surface area contributed by atoms with Gasteiger partial charge in [0.2, 0.25) is 11.8 Å². The molecule has 208 valence electrons. The molecule has 0 bridgehead atoms. The number of aromatic nitrogens is 4. The molecule has 2 aromatic rings. The van der Waals surface area contributed by atoms with E-state index < -0.39 is 47.8 Å². The fourth-order valence-electron chi connectivity index (χ4n) is 4.08. The van der Waals surface area contributed by atoms with Crippen LogP contribution < -0.4 is 27.0 Å². The van der Waals surface area contributed by atoms with Crippen molar-refractivity contribution in [3.8, 4) is 0 Å². The number of carbonyl (C=O) groups excluding carboxylic acids is 5. The number of nitrogens with one attached hydrogen (secondary N) is 4. The molecule has 0 aromatic carbocycles. The highest BCUT2D eigenvalue weighted by Crippen LogP contribution is 2.21. The van der Waals surface area contributed by atoms with E-state index in [9.17, 15) is 24.0 Å². The van der Waals surface area contributed by atoms with Gasteiger partial charge in [-0.15, -0.1) is 0 Å². The Kier molecular flexibility index (Phi) is 10.2. The zero-order chi connectivity index (χ0) is 28.4. The lowest BCUT2D eigenvalue weighted by molar-refractivity contribution is -0.130. The Bertz CT molecular complexity index is 1160. The van der Waals surface area contributed by atoms with Crippen LogP contribution in [0, 0.1) is 0 Å². The van der Waals surface area contributed by atoms with E-state index in [4.69, 9.17) is 5.73 Å². The topological polar surface area (TPSA) is 214 Å². The predicted molar refractivity (Wildman–Crippen MR) is 137 cm³/mol. The smallest absolute Gasteiger partial charge is 0.315 e. The SMILES string of the molecule is CC(C)NC(=O)N[C@H]1CCN(C(=O)c2cnccn2)[C@@H]1C(=O)N[C@@H](CCCNC(=O)c1cnccn1)C(N)=O. The standard InChI is InChI=1S/C24H32N10O5/c1-14(2)31-24(39)33-15-5-11-34(23(38)18-13-27-8-10-29-18)19(15)22(37)32-16(20(25)35)4-3-6-30-21(36)17-12-26-7-9-28-17/h7-10,12-16,19H,3-6,11H2,1-2H3,(H2,25,35)(H,30,36)(H,32,37)(H2,31,33,39)/t15-,16-,19-/m0/s1. The summed E-state index contributed by atoms with van der Waals surface area (Å²) < 4.78 is 0. The zero-order valence-corrected chi connectivity index (χ0v) is 21.7. The van der Waals surface area contributed by atoms with Gasteiger partial charge in [-0.3, -0.25) is 29.1 Å². The number of rotatable bonds is 11. The van der Waals surface area contributed by atoms with Crippen LogP contribution in [0.4, 0.5) is 4.79 Å². The second kappa shape index (κ2) is 13.7. The molecule has 1 aliphatic rings. The average Bonchev–Trinajstić information content (AvgIpc) is 3.33. The van der Waals surface area contributed by atoms with Crippen molar-refractivity contribution in [1.82, 2.24) is 46.1 Å². The van der Waals surface area contributed by atoms with E-state index >= 15 is 0 Å². The van der Waals surface area contributed by atoms with Crippen molar-refractivity contribution in [2.75, 3.05) is 13.1 Å². The van der Waals surface area contributed by atoms with Gasteiger partial charge in [0.05, 0.1) is 18.4 Å². The number of urea groups is 1. The monoisotopic (exact) mass is 540 g/mol. The van der Waals surface area contributed by atoms with Crippen LogP contribution in [0.1, 0.15) is 54.1 Å². The Morgan fingerprint density at radius 2 is 1.67 bits per heavy atom. The van der Waals surface area contributed by atoms with Crippen LogP contribution in [0.15, 0.2) is 37.2 Å². The van der Waals surface area contributed by atoms with E-state index in [-0.39, 0.29) is 36.9 Å². The van der Waals surface area contributed by atoms with Gasteiger partial charge in [-0.25, -0.2) is 14.8 Å². The molecule has 0 saturated carbocycles. The van der Waals surface area contributed by atoms with E-state index in [0.29, 0.717) is 12.8 Å². The molecule has 0 radical (unpaired) electrons. The van der Waals surface area contributed by atoms with Gasteiger partial charge in [-0.1, -0.05) is 0 Å². The van der Waals surface area contributed by atoms with E-state index in [2.05, 4.69) is 41.2 Å². The molecule has 0 aliphatic carbocycles. The highest BCUT2D eigenvalue weighted by Gasteiger charge is 2.44. The molecule has 6 amide bonds.